The molecular formula is C14H28N2O. The molecule has 100 valence electrons. The summed E-state index contributed by atoms with van der Waals surface area (Å²) in [6.07, 6.45) is 3.49. The molecule has 3 unspecified atom stereocenters. The monoisotopic (exact) mass is 240 g/mol. The lowest BCUT2D eigenvalue weighted by molar-refractivity contribution is -0.121. The van der Waals surface area contributed by atoms with E-state index >= 15 is 0 Å². The average molecular weight is 240 g/mol. The van der Waals surface area contributed by atoms with Gasteiger partial charge in [0.05, 0.1) is 6.54 Å². The highest BCUT2D eigenvalue weighted by molar-refractivity contribution is 5.78. The van der Waals surface area contributed by atoms with Crippen LogP contribution in [-0.2, 0) is 4.79 Å². The van der Waals surface area contributed by atoms with Crippen molar-refractivity contribution in [1.82, 2.24) is 10.6 Å². The third kappa shape index (κ3) is 5.53. The molecule has 2 N–H and O–H groups in total. The Morgan fingerprint density at radius 2 is 1.82 bits per heavy atom. The van der Waals surface area contributed by atoms with Crippen LogP contribution >= 0.6 is 0 Å². The van der Waals surface area contributed by atoms with E-state index in [1.807, 2.05) is 0 Å². The van der Waals surface area contributed by atoms with Crippen LogP contribution in [0.3, 0.4) is 0 Å². The van der Waals surface area contributed by atoms with Gasteiger partial charge in [0.1, 0.15) is 0 Å². The van der Waals surface area contributed by atoms with E-state index < -0.39 is 0 Å². The van der Waals surface area contributed by atoms with Gasteiger partial charge in [-0.15, -0.1) is 0 Å². The Balaban J connectivity index is 2.27. The van der Waals surface area contributed by atoms with Crippen molar-refractivity contribution in [3.05, 3.63) is 0 Å². The van der Waals surface area contributed by atoms with Crippen LogP contribution in [0.15, 0.2) is 0 Å². The third-order valence-electron chi connectivity index (χ3n) is 3.74. The highest BCUT2D eigenvalue weighted by Gasteiger charge is 2.25. The number of rotatable bonds is 3. The second-order valence-electron chi connectivity index (χ2n) is 6.64. The molecule has 1 rings (SSSR count). The van der Waals surface area contributed by atoms with E-state index in [0.29, 0.717) is 12.6 Å². The van der Waals surface area contributed by atoms with Crippen molar-refractivity contribution >= 4 is 5.91 Å². The molecule has 0 saturated heterocycles. The first-order chi connectivity index (χ1) is 7.78. The Kier molecular flexibility index (Phi) is 4.99. The summed E-state index contributed by atoms with van der Waals surface area (Å²) in [5.74, 6) is 1.66. The topological polar surface area (TPSA) is 41.1 Å². The van der Waals surface area contributed by atoms with Gasteiger partial charge in [-0.25, -0.2) is 0 Å². The average Bonchev–Trinajstić information content (AvgIpc) is 2.20. The maximum Gasteiger partial charge on any atom is 0.234 e. The highest BCUT2D eigenvalue weighted by atomic mass is 16.2. The van der Waals surface area contributed by atoms with Gasteiger partial charge in [-0.2, -0.15) is 0 Å². The summed E-state index contributed by atoms with van der Waals surface area (Å²) < 4.78 is 0. The van der Waals surface area contributed by atoms with Crippen LogP contribution < -0.4 is 10.6 Å². The van der Waals surface area contributed by atoms with E-state index in [9.17, 15) is 4.79 Å². The van der Waals surface area contributed by atoms with Crippen LogP contribution in [0.1, 0.15) is 53.9 Å². The van der Waals surface area contributed by atoms with Gasteiger partial charge >= 0.3 is 0 Å². The van der Waals surface area contributed by atoms with Crippen molar-refractivity contribution < 1.29 is 4.79 Å². The van der Waals surface area contributed by atoms with Gasteiger partial charge in [0.15, 0.2) is 0 Å². The van der Waals surface area contributed by atoms with Crippen molar-refractivity contribution in [3.8, 4) is 0 Å². The maximum atomic E-state index is 11.8. The van der Waals surface area contributed by atoms with Crippen LogP contribution in [0, 0.1) is 11.8 Å². The molecule has 1 saturated carbocycles. The van der Waals surface area contributed by atoms with Crippen molar-refractivity contribution in [2.45, 2.75) is 65.5 Å². The van der Waals surface area contributed by atoms with Gasteiger partial charge in [0, 0.05) is 11.6 Å². The summed E-state index contributed by atoms with van der Waals surface area (Å²) in [5.41, 5.74) is 0.00567. The Labute approximate surface area is 106 Å². The van der Waals surface area contributed by atoms with Crippen molar-refractivity contribution in [3.63, 3.8) is 0 Å². The molecule has 3 nitrogen and oxygen atoms in total. The third-order valence-corrected chi connectivity index (χ3v) is 3.74. The van der Waals surface area contributed by atoms with Crippen molar-refractivity contribution in [1.29, 1.82) is 0 Å². The summed E-state index contributed by atoms with van der Waals surface area (Å²) in [7, 11) is 0. The normalized spacial score (nSPS) is 30.1. The van der Waals surface area contributed by atoms with E-state index in [-0.39, 0.29) is 11.4 Å². The molecule has 1 fully saturated rings. The minimum atomic E-state index is 0.00567. The predicted molar refractivity (Wildman–Crippen MR) is 71.9 cm³/mol. The predicted octanol–water partition coefficient (Wildman–Crippen LogP) is 2.32. The lowest BCUT2D eigenvalue weighted by Crippen LogP contribution is -2.47. The van der Waals surface area contributed by atoms with Gasteiger partial charge in [0.2, 0.25) is 5.91 Å². The van der Waals surface area contributed by atoms with Crippen LogP contribution in [0.2, 0.25) is 0 Å². The fourth-order valence-corrected chi connectivity index (χ4v) is 2.30. The van der Waals surface area contributed by atoms with Crippen LogP contribution in [0.5, 0.6) is 0 Å². The molecule has 0 spiro atoms. The van der Waals surface area contributed by atoms with Crippen molar-refractivity contribution in [2.75, 3.05) is 6.54 Å². The number of nitrogens with one attached hydrogen (secondary N) is 2. The molecule has 1 amide bonds. The molecule has 0 heterocycles. The minimum absolute atomic E-state index is 0.00567. The summed E-state index contributed by atoms with van der Waals surface area (Å²) in [5, 5.41) is 6.36. The van der Waals surface area contributed by atoms with Gasteiger partial charge in [-0.3, -0.25) is 4.79 Å². The van der Waals surface area contributed by atoms with E-state index in [1.165, 1.54) is 6.42 Å². The lowest BCUT2D eigenvalue weighted by Gasteiger charge is -2.32. The summed E-state index contributed by atoms with van der Waals surface area (Å²) in [4.78, 5) is 11.8. The van der Waals surface area contributed by atoms with E-state index in [0.717, 1.165) is 24.7 Å². The lowest BCUT2D eigenvalue weighted by atomic mass is 9.79. The maximum absolute atomic E-state index is 11.8. The zero-order valence-electron chi connectivity index (χ0n) is 12.0. The SMILES string of the molecule is CC1CCC(NC(=O)CNC(C)(C)C)CC1C. The van der Waals surface area contributed by atoms with Crippen LogP contribution in [0.4, 0.5) is 0 Å². The molecule has 1 aliphatic rings. The molecule has 0 aromatic heterocycles. The fraction of sp³-hybridized carbons (Fsp3) is 0.929. The fourth-order valence-electron chi connectivity index (χ4n) is 2.30. The van der Waals surface area contributed by atoms with Gasteiger partial charge < -0.3 is 10.6 Å². The molecular weight excluding hydrogens is 212 g/mol. The first kappa shape index (κ1) is 14.5. The quantitative estimate of drug-likeness (QED) is 0.795. The Bertz CT molecular complexity index is 257. The number of carbonyl (C=O) groups is 1. The van der Waals surface area contributed by atoms with Gasteiger partial charge in [-0.1, -0.05) is 13.8 Å². The number of amides is 1. The first-order valence-electron chi connectivity index (χ1n) is 6.82. The Morgan fingerprint density at radius 1 is 1.18 bits per heavy atom. The molecule has 3 heteroatoms. The Morgan fingerprint density at radius 3 is 2.35 bits per heavy atom. The van der Waals surface area contributed by atoms with E-state index in [2.05, 4.69) is 45.3 Å². The molecule has 17 heavy (non-hydrogen) atoms. The summed E-state index contributed by atoms with van der Waals surface area (Å²) >= 11 is 0. The van der Waals surface area contributed by atoms with E-state index in [1.54, 1.807) is 0 Å². The molecule has 0 aromatic carbocycles. The van der Waals surface area contributed by atoms with Gasteiger partial charge in [-0.05, 0) is 51.9 Å². The molecule has 0 aliphatic heterocycles. The standard InChI is InChI=1S/C14H28N2O/c1-10-6-7-12(8-11(10)2)16-13(17)9-15-14(3,4)5/h10-12,15H,6-9H2,1-5H3,(H,16,17). The number of carbonyl (C=O) groups excluding carboxylic acids is 1. The summed E-state index contributed by atoms with van der Waals surface area (Å²) in [6.45, 7) is 11.2. The highest BCUT2D eigenvalue weighted by Crippen LogP contribution is 2.29. The largest absolute Gasteiger partial charge is 0.352 e. The molecule has 0 radical (unpaired) electrons. The smallest absolute Gasteiger partial charge is 0.234 e. The molecule has 3 atom stereocenters. The first-order valence-corrected chi connectivity index (χ1v) is 6.82. The second-order valence-corrected chi connectivity index (χ2v) is 6.64. The second kappa shape index (κ2) is 5.85. The number of hydrogen-bond acceptors (Lipinski definition) is 2. The zero-order valence-corrected chi connectivity index (χ0v) is 12.0. The minimum Gasteiger partial charge on any atom is -0.352 e. The molecule has 0 aromatic rings. The van der Waals surface area contributed by atoms with E-state index in [4.69, 9.17) is 0 Å². The zero-order chi connectivity index (χ0) is 13.1. The molecule has 1 aliphatic carbocycles. The van der Waals surface area contributed by atoms with Crippen LogP contribution in [0.25, 0.3) is 0 Å². The molecule has 0 bridgehead atoms. The van der Waals surface area contributed by atoms with Crippen LogP contribution in [-0.4, -0.2) is 24.0 Å². The number of hydrogen-bond donors (Lipinski definition) is 2. The van der Waals surface area contributed by atoms with Gasteiger partial charge in [0.25, 0.3) is 0 Å². The Hall–Kier alpha value is -0.570. The summed E-state index contributed by atoms with van der Waals surface area (Å²) in [6, 6.07) is 0.385. The van der Waals surface area contributed by atoms with Crippen molar-refractivity contribution in [2.24, 2.45) is 11.8 Å².